The summed E-state index contributed by atoms with van der Waals surface area (Å²) in [5, 5.41) is 11.6. The number of carbonyl (C=O) groups excluding carboxylic acids is 1. The summed E-state index contributed by atoms with van der Waals surface area (Å²) >= 11 is 5.95. The van der Waals surface area contributed by atoms with Crippen LogP contribution in [0.15, 0.2) is 30.3 Å². The van der Waals surface area contributed by atoms with E-state index in [0.717, 1.165) is 24.5 Å². The highest BCUT2D eigenvalue weighted by atomic mass is 35.5. The Morgan fingerprint density at radius 2 is 1.95 bits per heavy atom. The second kappa shape index (κ2) is 6.32. The second-order valence-corrected chi connectivity index (χ2v) is 5.82. The highest BCUT2D eigenvalue weighted by molar-refractivity contribution is 6.31. The first-order valence-corrected chi connectivity index (χ1v) is 7.67. The molecule has 22 heavy (non-hydrogen) atoms. The van der Waals surface area contributed by atoms with Gasteiger partial charge in [0, 0.05) is 23.8 Å². The summed E-state index contributed by atoms with van der Waals surface area (Å²) < 4.78 is 0. The van der Waals surface area contributed by atoms with E-state index >= 15 is 0 Å². The quantitative estimate of drug-likeness (QED) is 0.944. The fourth-order valence-electron chi connectivity index (χ4n) is 2.48. The van der Waals surface area contributed by atoms with Crippen LogP contribution in [-0.2, 0) is 0 Å². The van der Waals surface area contributed by atoms with E-state index in [4.69, 9.17) is 11.6 Å². The maximum Gasteiger partial charge on any atom is 0.276 e. The van der Waals surface area contributed by atoms with E-state index in [-0.39, 0.29) is 5.91 Å². The lowest BCUT2D eigenvalue weighted by Crippen LogP contribution is -2.21. The average Bonchev–Trinajstić information content (AvgIpc) is 3.05. The molecule has 1 aliphatic heterocycles. The Balaban J connectivity index is 1.73. The van der Waals surface area contributed by atoms with Crippen molar-refractivity contribution in [3.05, 3.63) is 46.6 Å². The minimum absolute atomic E-state index is 0.286. The molecule has 1 amide bonds. The second-order valence-electron chi connectivity index (χ2n) is 5.38. The van der Waals surface area contributed by atoms with Gasteiger partial charge in [-0.3, -0.25) is 4.79 Å². The number of benzene rings is 1. The van der Waals surface area contributed by atoms with Gasteiger partial charge in [-0.05, 0) is 49.6 Å². The van der Waals surface area contributed by atoms with Crippen molar-refractivity contribution in [3.63, 3.8) is 0 Å². The van der Waals surface area contributed by atoms with Crippen LogP contribution in [0, 0.1) is 6.92 Å². The van der Waals surface area contributed by atoms with Crippen LogP contribution in [-0.4, -0.2) is 29.2 Å². The first-order chi connectivity index (χ1) is 10.6. The molecule has 0 aliphatic carbocycles. The zero-order valence-electron chi connectivity index (χ0n) is 12.3. The molecule has 3 rings (SSSR count). The van der Waals surface area contributed by atoms with Gasteiger partial charge in [-0.1, -0.05) is 17.7 Å². The Morgan fingerprint density at radius 3 is 2.64 bits per heavy atom. The normalized spacial score (nSPS) is 14.2. The molecule has 0 unspecified atom stereocenters. The van der Waals surface area contributed by atoms with Crippen molar-refractivity contribution in [1.82, 2.24) is 10.2 Å². The SMILES string of the molecule is Cc1ccc(Cl)cc1NC(=O)c1ccc(N2CCCC2)nn1. The molecule has 0 bridgehead atoms. The molecule has 1 saturated heterocycles. The highest BCUT2D eigenvalue weighted by Gasteiger charge is 2.15. The Kier molecular flexibility index (Phi) is 4.24. The smallest absolute Gasteiger partial charge is 0.276 e. The molecule has 2 heterocycles. The number of aromatic nitrogens is 2. The van der Waals surface area contributed by atoms with Crippen LogP contribution in [0.3, 0.4) is 0 Å². The predicted octanol–water partition coefficient (Wildman–Crippen LogP) is 3.29. The number of halogens is 1. The molecule has 0 saturated carbocycles. The molecule has 1 aromatic carbocycles. The van der Waals surface area contributed by atoms with E-state index in [9.17, 15) is 4.79 Å². The molecule has 114 valence electrons. The third-order valence-corrected chi connectivity index (χ3v) is 4.00. The van der Waals surface area contributed by atoms with Gasteiger partial charge in [-0.15, -0.1) is 10.2 Å². The Labute approximate surface area is 134 Å². The number of hydrogen-bond donors (Lipinski definition) is 1. The number of carbonyl (C=O) groups is 1. The van der Waals surface area contributed by atoms with E-state index in [1.54, 1.807) is 18.2 Å². The van der Waals surface area contributed by atoms with Crippen molar-refractivity contribution in [3.8, 4) is 0 Å². The number of rotatable bonds is 3. The van der Waals surface area contributed by atoms with E-state index in [1.165, 1.54) is 12.8 Å². The summed E-state index contributed by atoms with van der Waals surface area (Å²) in [5.41, 5.74) is 1.92. The molecule has 1 aliphatic rings. The average molecular weight is 317 g/mol. The standard InChI is InChI=1S/C16H17ClN4O/c1-11-4-5-12(17)10-14(11)18-16(22)13-6-7-15(20-19-13)21-8-2-3-9-21/h4-7,10H,2-3,8-9H2,1H3,(H,18,22). The van der Waals surface area contributed by atoms with Crippen LogP contribution in [0.25, 0.3) is 0 Å². The largest absolute Gasteiger partial charge is 0.355 e. The molecule has 5 nitrogen and oxygen atoms in total. The summed E-state index contributed by atoms with van der Waals surface area (Å²) in [4.78, 5) is 14.4. The zero-order valence-corrected chi connectivity index (χ0v) is 13.1. The minimum atomic E-state index is -0.286. The molecule has 1 aromatic heterocycles. The van der Waals surface area contributed by atoms with Gasteiger partial charge in [0.1, 0.15) is 0 Å². The Bertz CT molecular complexity index is 681. The van der Waals surface area contributed by atoms with Crippen molar-refractivity contribution in [2.45, 2.75) is 19.8 Å². The summed E-state index contributed by atoms with van der Waals surface area (Å²) in [6, 6.07) is 8.92. The van der Waals surface area contributed by atoms with Crippen molar-refractivity contribution < 1.29 is 4.79 Å². The van der Waals surface area contributed by atoms with E-state index in [2.05, 4.69) is 20.4 Å². The number of anilines is 2. The Morgan fingerprint density at radius 1 is 1.18 bits per heavy atom. The van der Waals surface area contributed by atoms with Gasteiger partial charge in [0.25, 0.3) is 5.91 Å². The number of nitrogens with one attached hydrogen (secondary N) is 1. The lowest BCUT2D eigenvalue weighted by atomic mass is 10.2. The van der Waals surface area contributed by atoms with Crippen molar-refractivity contribution in [2.24, 2.45) is 0 Å². The van der Waals surface area contributed by atoms with E-state index in [0.29, 0.717) is 16.4 Å². The van der Waals surface area contributed by atoms with Crippen molar-refractivity contribution in [1.29, 1.82) is 0 Å². The third-order valence-electron chi connectivity index (χ3n) is 3.76. The molecule has 0 spiro atoms. The summed E-state index contributed by atoms with van der Waals surface area (Å²) in [6.45, 7) is 3.91. The topological polar surface area (TPSA) is 58.1 Å². The van der Waals surface area contributed by atoms with Gasteiger partial charge in [0.05, 0.1) is 0 Å². The van der Waals surface area contributed by atoms with Crippen molar-refractivity contribution >= 4 is 29.0 Å². The first kappa shape index (κ1) is 14.8. The number of nitrogens with zero attached hydrogens (tertiary/aromatic N) is 3. The van der Waals surface area contributed by atoms with E-state index in [1.807, 2.05) is 19.1 Å². The molecule has 2 aromatic rings. The number of hydrogen-bond acceptors (Lipinski definition) is 4. The van der Waals surface area contributed by atoms with Crippen LogP contribution in [0.1, 0.15) is 28.9 Å². The molecule has 1 N–H and O–H groups in total. The Hall–Kier alpha value is -2.14. The van der Waals surface area contributed by atoms with Crippen LogP contribution in [0.4, 0.5) is 11.5 Å². The van der Waals surface area contributed by atoms with Crippen molar-refractivity contribution in [2.75, 3.05) is 23.3 Å². The first-order valence-electron chi connectivity index (χ1n) is 7.30. The molecule has 6 heteroatoms. The maximum atomic E-state index is 12.2. The summed E-state index contributed by atoms with van der Waals surface area (Å²) in [7, 11) is 0. The lowest BCUT2D eigenvalue weighted by Gasteiger charge is -2.15. The molecular weight excluding hydrogens is 300 g/mol. The summed E-state index contributed by atoms with van der Waals surface area (Å²) in [6.07, 6.45) is 2.36. The van der Waals surface area contributed by atoms with Crippen LogP contribution >= 0.6 is 11.6 Å². The molecule has 0 radical (unpaired) electrons. The monoisotopic (exact) mass is 316 g/mol. The molecule has 0 atom stereocenters. The fraction of sp³-hybridized carbons (Fsp3) is 0.312. The minimum Gasteiger partial charge on any atom is -0.355 e. The fourth-order valence-corrected chi connectivity index (χ4v) is 2.65. The molecular formula is C16H17ClN4O. The number of aryl methyl sites for hydroxylation is 1. The summed E-state index contributed by atoms with van der Waals surface area (Å²) in [5.74, 6) is 0.541. The van der Waals surface area contributed by atoms with Gasteiger partial charge >= 0.3 is 0 Å². The van der Waals surface area contributed by atoms with Crippen LogP contribution < -0.4 is 10.2 Å². The maximum absolute atomic E-state index is 12.2. The van der Waals surface area contributed by atoms with Gasteiger partial charge in [0.15, 0.2) is 11.5 Å². The molecule has 1 fully saturated rings. The lowest BCUT2D eigenvalue weighted by molar-refractivity contribution is 0.102. The predicted molar refractivity (Wildman–Crippen MR) is 87.6 cm³/mol. The van der Waals surface area contributed by atoms with Gasteiger partial charge in [-0.2, -0.15) is 0 Å². The third kappa shape index (κ3) is 3.20. The van der Waals surface area contributed by atoms with E-state index < -0.39 is 0 Å². The van der Waals surface area contributed by atoms with Crippen LogP contribution in [0.5, 0.6) is 0 Å². The zero-order chi connectivity index (χ0) is 15.5. The van der Waals surface area contributed by atoms with Gasteiger partial charge < -0.3 is 10.2 Å². The highest BCUT2D eigenvalue weighted by Crippen LogP contribution is 2.21. The van der Waals surface area contributed by atoms with Crippen LogP contribution in [0.2, 0.25) is 5.02 Å². The van der Waals surface area contributed by atoms with Gasteiger partial charge in [0.2, 0.25) is 0 Å². The van der Waals surface area contributed by atoms with Gasteiger partial charge in [-0.25, -0.2) is 0 Å². The number of amides is 1.